The van der Waals surface area contributed by atoms with Gasteiger partial charge >= 0.3 is 0 Å². The number of nitrogens with one attached hydrogen (secondary N) is 1. The molecule has 1 aromatic rings. The number of nitrogens with zero attached hydrogens (tertiary/aromatic N) is 2. The number of rotatable bonds is 11. The summed E-state index contributed by atoms with van der Waals surface area (Å²) in [6.07, 6.45) is 11.8. The van der Waals surface area contributed by atoms with Crippen LogP contribution in [0.25, 0.3) is 0 Å². The number of carbonyl (C=O) groups is 1. The Morgan fingerprint density at radius 3 is 2.50 bits per heavy atom. The number of hydrogen-bond acceptors (Lipinski definition) is 3. The van der Waals surface area contributed by atoms with E-state index in [1.807, 2.05) is 12.1 Å². The molecule has 1 N–H and O–H groups in total. The maximum atomic E-state index is 13.0. The SMILES string of the molecule is CCCCC1CCCN(CC2CCCCC2NC(=O)c2ccc(CN(CC)CC)cc2)C1. The van der Waals surface area contributed by atoms with Gasteiger partial charge in [0.1, 0.15) is 0 Å². The second-order valence-corrected chi connectivity index (χ2v) is 10.2. The van der Waals surface area contributed by atoms with Gasteiger partial charge in [0, 0.05) is 31.2 Å². The van der Waals surface area contributed by atoms with Crippen molar-refractivity contribution in [3.8, 4) is 0 Å². The van der Waals surface area contributed by atoms with E-state index >= 15 is 0 Å². The van der Waals surface area contributed by atoms with Crippen LogP contribution in [0.15, 0.2) is 24.3 Å². The normalized spacial score (nSPS) is 24.6. The fourth-order valence-electron chi connectivity index (χ4n) is 5.71. The topological polar surface area (TPSA) is 35.6 Å². The molecule has 0 radical (unpaired) electrons. The predicted octanol–water partition coefficient (Wildman–Crippen LogP) is 5.72. The molecule has 3 atom stereocenters. The van der Waals surface area contributed by atoms with Gasteiger partial charge in [-0.2, -0.15) is 0 Å². The highest BCUT2D eigenvalue weighted by Gasteiger charge is 2.30. The second-order valence-electron chi connectivity index (χ2n) is 10.2. The summed E-state index contributed by atoms with van der Waals surface area (Å²) >= 11 is 0. The van der Waals surface area contributed by atoms with Crippen LogP contribution in [0.2, 0.25) is 0 Å². The summed E-state index contributed by atoms with van der Waals surface area (Å²) in [6.45, 7) is 13.4. The quantitative estimate of drug-likeness (QED) is 0.477. The zero-order valence-electron chi connectivity index (χ0n) is 21.0. The van der Waals surface area contributed by atoms with Crippen molar-refractivity contribution in [3.63, 3.8) is 0 Å². The molecule has 32 heavy (non-hydrogen) atoms. The van der Waals surface area contributed by atoms with E-state index in [4.69, 9.17) is 0 Å². The minimum absolute atomic E-state index is 0.107. The lowest BCUT2D eigenvalue weighted by atomic mass is 9.83. The number of amides is 1. The van der Waals surface area contributed by atoms with Crippen molar-refractivity contribution in [2.24, 2.45) is 11.8 Å². The second kappa shape index (κ2) is 13.3. The van der Waals surface area contributed by atoms with Gasteiger partial charge in [0.05, 0.1) is 0 Å². The van der Waals surface area contributed by atoms with Crippen LogP contribution in [0.4, 0.5) is 0 Å². The highest BCUT2D eigenvalue weighted by Crippen LogP contribution is 2.28. The Bertz CT molecular complexity index is 670. The van der Waals surface area contributed by atoms with Gasteiger partial charge in [0.25, 0.3) is 5.91 Å². The Labute approximate surface area is 197 Å². The lowest BCUT2D eigenvalue weighted by Gasteiger charge is -2.39. The third-order valence-electron chi connectivity index (χ3n) is 7.80. The first-order valence-corrected chi connectivity index (χ1v) is 13.5. The van der Waals surface area contributed by atoms with Crippen LogP contribution in [-0.4, -0.2) is 54.5 Å². The van der Waals surface area contributed by atoms with Gasteiger partial charge in [-0.25, -0.2) is 0 Å². The van der Waals surface area contributed by atoms with Gasteiger partial charge in [-0.1, -0.05) is 58.6 Å². The minimum atomic E-state index is 0.107. The maximum absolute atomic E-state index is 13.0. The molecule has 1 saturated heterocycles. The minimum Gasteiger partial charge on any atom is -0.349 e. The molecule has 0 bridgehead atoms. The highest BCUT2D eigenvalue weighted by molar-refractivity contribution is 5.94. The Morgan fingerprint density at radius 2 is 1.78 bits per heavy atom. The molecule has 1 saturated carbocycles. The molecule has 4 heteroatoms. The van der Waals surface area contributed by atoms with Gasteiger partial charge in [0.2, 0.25) is 0 Å². The molecular weight excluding hydrogens is 394 g/mol. The van der Waals surface area contributed by atoms with Crippen LogP contribution >= 0.6 is 0 Å². The van der Waals surface area contributed by atoms with Gasteiger partial charge in [-0.3, -0.25) is 9.69 Å². The van der Waals surface area contributed by atoms with Crippen molar-refractivity contribution in [3.05, 3.63) is 35.4 Å². The van der Waals surface area contributed by atoms with Crippen LogP contribution < -0.4 is 5.32 Å². The van der Waals surface area contributed by atoms with Crippen molar-refractivity contribution in [1.82, 2.24) is 15.1 Å². The summed E-state index contributed by atoms with van der Waals surface area (Å²) in [5, 5.41) is 3.43. The summed E-state index contributed by atoms with van der Waals surface area (Å²) in [5.41, 5.74) is 2.08. The third kappa shape index (κ3) is 7.59. The monoisotopic (exact) mass is 441 g/mol. The summed E-state index contributed by atoms with van der Waals surface area (Å²) in [7, 11) is 0. The van der Waals surface area contributed by atoms with Crippen molar-refractivity contribution >= 4 is 5.91 Å². The molecule has 1 aliphatic heterocycles. The molecule has 1 aliphatic carbocycles. The molecule has 3 unspecified atom stereocenters. The molecule has 1 aromatic carbocycles. The van der Waals surface area contributed by atoms with E-state index in [2.05, 4.69) is 48.0 Å². The van der Waals surface area contributed by atoms with Crippen LogP contribution in [0, 0.1) is 11.8 Å². The van der Waals surface area contributed by atoms with Crippen molar-refractivity contribution in [2.45, 2.75) is 91.1 Å². The maximum Gasteiger partial charge on any atom is 0.251 e. The van der Waals surface area contributed by atoms with Gasteiger partial charge in [0.15, 0.2) is 0 Å². The Morgan fingerprint density at radius 1 is 1.03 bits per heavy atom. The molecule has 2 fully saturated rings. The first-order chi connectivity index (χ1) is 15.6. The van der Waals surface area contributed by atoms with E-state index in [0.29, 0.717) is 12.0 Å². The van der Waals surface area contributed by atoms with Crippen molar-refractivity contribution in [2.75, 3.05) is 32.7 Å². The lowest BCUT2D eigenvalue weighted by Crippen LogP contribution is -2.48. The average molecular weight is 442 g/mol. The fraction of sp³-hybridized carbons (Fsp3) is 0.750. The smallest absolute Gasteiger partial charge is 0.251 e. The number of unbranched alkanes of at least 4 members (excludes halogenated alkanes) is 1. The molecule has 1 amide bonds. The van der Waals surface area contributed by atoms with Crippen molar-refractivity contribution < 1.29 is 4.79 Å². The summed E-state index contributed by atoms with van der Waals surface area (Å²) in [6, 6.07) is 8.58. The summed E-state index contributed by atoms with van der Waals surface area (Å²) in [4.78, 5) is 18.1. The largest absolute Gasteiger partial charge is 0.349 e. The molecule has 2 aliphatic rings. The lowest BCUT2D eigenvalue weighted by molar-refractivity contribution is 0.0853. The van der Waals surface area contributed by atoms with Crippen LogP contribution in [0.5, 0.6) is 0 Å². The highest BCUT2D eigenvalue weighted by atomic mass is 16.1. The zero-order chi connectivity index (χ0) is 22.8. The fourth-order valence-corrected chi connectivity index (χ4v) is 5.71. The molecule has 4 nitrogen and oxygen atoms in total. The number of benzene rings is 1. The number of likely N-dealkylation sites (tertiary alicyclic amines) is 1. The predicted molar refractivity (Wildman–Crippen MR) is 135 cm³/mol. The van der Waals surface area contributed by atoms with E-state index in [-0.39, 0.29) is 5.91 Å². The van der Waals surface area contributed by atoms with Gasteiger partial charge in [-0.15, -0.1) is 0 Å². The molecule has 3 rings (SSSR count). The Hall–Kier alpha value is -1.39. The first kappa shape index (κ1) is 25.2. The molecule has 1 heterocycles. The zero-order valence-corrected chi connectivity index (χ0v) is 21.0. The van der Waals surface area contributed by atoms with Crippen LogP contribution in [-0.2, 0) is 6.54 Å². The van der Waals surface area contributed by atoms with E-state index in [1.165, 1.54) is 70.0 Å². The number of hydrogen-bond donors (Lipinski definition) is 1. The number of carbonyl (C=O) groups excluding carboxylic acids is 1. The van der Waals surface area contributed by atoms with E-state index in [1.54, 1.807) is 0 Å². The molecule has 0 spiro atoms. The van der Waals surface area contributed by atoms with E-state index in [9.17, 15) is 4.79 Å². The third-order valence-corrected chi connectivity index (χ3v) is 7.80. The van der Waals surface area contributed by atoms with Crippen LogP contribution in [0.3, 0.4) is 0 Å². The molecule has 180 valence electrons. The van der Waals surface area contributed by atoms with Gasteiger partial charge < -0.3 is 10.2 Å². The van der Waals surface area contributed by atoms with Crippen LogP contribution in [0.1, 0.15) is 94.5 Å². The van der Waals surface area contributed by atoms with Crippen molar-refractivity contribution in [1.29, 1.82) is 0 Å². The standard InChI is InChI=1S/C28H47N3O/c1-4-7-11-23-12-10-19-31(21-23)22-26-13-8-9-14-27(26)29-28(32)25-17-15-24(16-18-25)20-30(5-2)6-3/h15-18,23,26-27H,4-14,19-22H2,1-3H3,(H,29,32). The summed E-state index contributed by atoms with van der Waals surface area (Å²) < 4.78 is 0. The Kier molecular flexibility index (Phi) is 10.5. The first-order valence-electron chi connectivity index (χ1n) is 13.5. The van der Waals surface area contributed by atoms with E-state index < -0.39 is 0 Å². The molecular formula is C28H47N3O. The number of piperidine rings is 1. The summed E-state index contributed by atoms with van der Waals surface area (Å²) in [5.74, 6) is 1.59. The molecule has 0 aromatic heterocycles. The van der Waals surface area contributed by atoms with Gasteiger partial charge in [-0.05, 0) is 81.3 Å². The van der Waals surface area contributed by atoms with E-state index in [0.717, 1.165) is 44.1 Å². The Balaban J connectivity index is 1.53. The average Bonchev–Trinajstić information content (AvgIpc) is 2.83.